The second kappa shape index (κ2) is 8.37. The normalized spacial score (nSPS) is 15.1. The molecule has 1 aromatic carbocycles. The highest BCUT2D eigenvalue weighted by atomic mass is 32.2. The Kier molecular flexibility index (Phi) is 6.13. The molecule has 7 nitrogen and oxygen atoms in total. The second-order valence-electron chi connectivity index (χ2n) is 6.59. The fraction of sp³-hybridized carbons (Fsp3) is 0.444. The zero-order valence-electron chi connectivity index (χ0n) is 15.2. The van der Waals surface area contributed by atoms with Crippen molar-refractivity contribution in [2.45, 2.75) is 44.0 Å². The van der Waals surface area contributed by atoms with Gasteiger partial charge in [0.25, 0.3) is 0 Å². The quantitative estimate of drug-likeness (QED) is 0.761. The van der Waals surface area contributed by atoms with Crippen LogP contribution in [0.15, 0.2) is 39.3 Å². The summed E-state index contributed by atoms with van der Waals surface area (Å²) in [5.74, 6) is -0.202. The van der Waals surface area contributed by atoms with E-state index in [4.69, 9.17) is 0 Å². The average molecular weight is 410 g/mol. The molecule has 9 heteroatoms. The third-order valence-electron chi connectivity index (χ3n) is 4.58. The molecule has 0 atom stereocenters. The first-order valence-electron chi connectivity index (χ1n) is 8.93. The summed E-state index contributed by atoms with van der Waals surface area (Å²) in [5.41, 5.74) is 1.36. The standard InChI is InChI=1S/C18H23N3O4S2/c1-14-13-26-18(23)21(14)11-5-8-17(22)19-15-6-4-7-16(12-15)27(24,25)20-9-2-3-10-20/h4,6-7,12-13H,2-3,5,8-11H2,1H3,(H,19,22). The molecule has 0 saturated carbocycles. The number of carbonyl (C=O) groups is 1. The number of aryl methyl sites for hydroxylation is 1. The summed E-state index contributed by atoms with van der Waals surface area (Å²) in [6.07, 6.45) is 2.55. The molecule has 1 amide bonds. The van der Waals surface area contributed by atoms with Gasteiger partial charge >= 0.3 is 4.87 Å². The van der Waals surface area contributed by atoms with E-state index in [0.29, 0.717) is 31.7 Å². The molecule has 1 aliphatic rings. The van der Waals surface area contributed by atoms with E-state index in [1.807, 2.05) is 6.92 Å². The highest BCUT2D eigenvalue weighted by Crippen LogP contribution is 2.23. The minimum atomic E-state index is -3.51. The molecule has 0 unspecified atom stereocenters. The summed E-state index contributed by atoms with van der Waals surface area (Å²) in [6, 6.07) is 6.36. The second-order valence-corrected chi connectivity index (χ2v) is 9.34. The highest BCUT2D eigenvalue weighted by molar-refractivity contribution is 7.89. The van der Waals surface area contributed by atoms with Crippen molar-refractivity contribution in [1.82, 2.24) is 8.87 Å². The molecule has 0 bridgehead atoms. The van der Waals surface area contributed by atoms with E-state index in [0.717, 1.165) is 29.9 Å². The third kappa shape index (κ3) is 4.66. The lowest BCUT2D eigenvalue weighted by Gasteiger charge is -2.16. The zero-order valence-corrected chi connectivity index (χ0v) is 16.8. The van der Waals surface area contributed by atoms with Crippen molar-refractivity contribution in [3.05, 3.63) is 45.0 Å². The number of nitrogens with one attached hydrogen (secondary N) is 1. The van der Waals surface area contributed by atoms with Crippen molar-refractivity contribution >= 4 is 33.0 Å². The number of thiazole rings is 1. The number of rotatable bonds is 7. The number of aromatic nitrogens is 1. The number of carbonyl (C=O) groups excluding carboxylic acids is 1. The molecule has 2 heterocycles. The lowest BCUT2D eigenvalue weighted by molar-refractivity contribution is -0.116. The van der Waals surface area contributed by atoms with E-state index in [-0.39, 0.29) is 22.1 Å². The number of hydrogen-bond acceptors (Lipinski definition) is 5. The van der Waals surface area contributed by atoms with E-state index >= 15 is 0 Å². The van der Waals surface area contributed by atoms with Crippen LogP contribution in [-0.2, 0) is 21.4 Å². The van der Waals surface area contributed by atoms with Gasteiger partial charge in [0.1, 0.15) is 0 Å². The van der Waals surface area contributed by atoms with Crippen molar-refractivity contribution in [3.8, 4) is 0 Å². The maximum atomic E-state index is 12.6. The van der Waals surface area contributed by atoms with Crippen molar-refractivity contribution in [2.75, 3.05) is 18.4 Å². The zero-order chi connectivity index (χ0) is 19.4. The van der Waals surface area contributed by atoms with Crippen LogP contribution in [0.25, 0.3) is 0 Å². The van der Waals surface area contributed by atoms with E-state index in [1.165, 1.54) is 10.4 Å². The number of amides is 1. The summed E-state index contributed by atoms with van der Waals surface area (Å²) in [5, 5.41) is 4.55. The Morgan fingerprint density at radius 3 is 2.67 bits per heavy atom. The molecule has 1 aromatic heterocycles. The molecule has 0 aliphatic carbocycles. The molecule has 1 saturated heterocycles. The fourth-order valence-electron chi connectivity index (χ4n) is 3.11. The molecule has 1 N–H and O–H groups in total. The lowest BCUT2D eigenvalue weighted by atomic mass is 10.2. The average Bonchev–Trinajstić information content (AvgIpc) is 3.28. The smallest absolute Gasteiger partial charge is 0.307 e. The van der Waals surface area contributed by atoms with Crippen LogP contribution in [0, 0.1) is 6.92 Å². The monoisotopic (exact) mass is 409 g/mol. The highest BCUT2D eigenvalue weighted by Gasteiger charge is 2.27. The van der Waals surface area contributed by atoms with E-state index < -0.39 is 10.0 Å². The number of benzene rings is 1. The minimum Gasteiger partial charge on any atom is -0.326 e. The summed E-state index contributed by atoms with van der Waals surface area (Å²) < 4.78 is 28.4. The van der Waals surface area contributed by atoms with E-state index in [2.05, 4.69) is 5.32 Å². The van der Waals surface area contributed by atoms with Crippen molar-refractivity contribution < 1.29 is 13.2 Å². The molecule has 27 heavy (non-hydrogen) atoms. The first kappa shape index (κ1) is 19.8. The van der Waals surface area contributed by atoms with Gasteiger partial charge in [0.2, 0.25) is 15.9 Å². The van der Waals surface area contributed by atoms with Crippen LogP contribution in [0.2, 0.25) is 0 Å². The number of sulfonamides is 1. The van der Waals surface area contributed by atoms with Gasteiger partial charge in [0.05, 0.1) is 4.90 Å². The minimum absolute atomic E-state index is 0.0206. The SMILES string of the molecule is Cc1csc(=O)n1CCCC(=O)Nc1cccc(S(=O)(=O)N2CCCC2)c1. The molecule has 146 valence electrons. The topological polar surface area (TPSA) is 88.5 Å². The van der Waals surface area contributed by atoms with Crippen LogP contribution in [0.4, 0.5) is 5.69 Å². The van der Waals surface area contributed by atoms with Crippen LogP contribution in [0.3, 0.4) is 0 Å². The van der Waals surface area contributed by atoms with Crippen molar-refractivity contribution in [1.29, 1.82) is 0 Å². The molecular weight excluding hydrogens is 386 g/mol. The lowest BCUT2D eigenvalue weighted by Crippen LogP contribution is -2.27. The largest absolute Gasteiger partial charge is 0.326 e. The molecule has 1 aliphatic heterocycles. The predicted octanol–water partition coefficient (Wildman–Crippen LogP) is 2.42. The van der Waals surface area contributed by atoms with Crippen molar-refractivity contribution in [3.63, 3.8) is 0 Å². The van der Waals surface area contributed by atoms with Gasteiger partial charge in [-0.1, -0.05) is 17.4 Å². The van der Waals surface area contributed by atoms with Crippen LogP contribution in [0.1, 0.15) is 31.4 Å². The van der Waals surface area contributed by atoms with Crippen LogP contribution < -0.4 is 10.2 Å². The van der Waals surface area contributed by atoms with Gasteiger partial charge in [-0.25, -0.2) is 8.42 Å². The van der Waals surface area contributed by atoms with Gasteiger partial charge in [-0.2, -0.15) is 4.31 Å². The van der Waals surface area contributed by atoms with Gasteiger partial charge < -0.3 is 9.88 Å². The molecule has 3 rings (SSSR count). The van der Waals surface area contributed by atoms with Gasteiger partial charge in [-0.15, -0.1) is 0 Å². The third-order valence-corrected chi connectivity index (χ3v) is 7.36. The van der Waals surface area contributed by atoms with Crippen LogP contribution >= 0.6 is 11.3 Å². The molecular formula is C18H23N3O4S2. The van der Waals surface area contributed by atoms with Crippen LogP contribution in [-0.4, -0.2) is 36.3 Å². The van der Waals surface area contributed by atoms with Gasteiger partial charge in [0.15, 0.2) is 0 Å². The van der Waals surface area contributed by atoms with Gasteiger partial charge in [0, 0.05) is 42.8 Å². The Labute approximate surface area is 162 Å². The summed E-state index contributed by atoms with van der Waals surface area (Å²) in [7, 11) is -3.51. The summed E-state index contributed by atoms with van der Waals surface area (Å²) in [6.45, 7) is 3.44. The van der Waals surface area contributed by atoms with E-state index in [1.54, 1.807) is 28.1 Å². The Morgan fingerprint density at radius 2 is 2.00 bits per heavy atom. The first-order chi connectivity index (χ1) is 12.9. The first-order valence-corrected chi connectivity index (χ1v) is 11.2. The predicted molar refractivity (Wildman–Crippen MR) is 106 cm³/mol. The Hall–Kier alpha value is -1.97. The molecule has 0 radical (unpaired) electrons. The molecule has 1 fully saturated rings. The van der Waals surface area contributed by atoms with Gasteiger partial charge in [-0.3, -0.25) is 9.59 Å². The number of nitrogens with zero attached hydrogens (tertiary/aromatic N) is 2. The summed E-state index contributed by atoms with van der Waals surface area (Å²) >= 11 is 1.15. The number of anilines is 1. The maximum absolute atomic E-state index is 12.6. The van der Waals surface area contributed by atoms with Crippen LogP contribution in [0.5, 0.6) is 0 Å². The fourth-order valence-corrected chi connectivity index (χ4v) is 5.43. The number of hydrogen-bond donors (Lipinski definition) is 1. The Morgan fingerprint density at radius 1 is 1.26 bits per heavy atom. The Balaban J connectivity index is 1.59. The molecule has 0 spiro atoms. The summed E-state index contributed by atoms with van der Waals surface area (Å²) in [4.78, 5) is 24.0. The molecule has 2 aromatic rings. The van der Waals surface area contributed by atoms with Gasteiger partial charge in [-0.05, 0) is 44.4 Å². The van der Waals surface area contributed by atoms with Crippen molar-refractivity contribution in [2.24, 2.45) is 0 Å². The van der Waals surface area contributed by atoms with E-state index in [9.17, 15) is 18.0 Å². The Bertz CT molecular complexity index is 972. The maximum Gasteiger partial charge on any atom is 0.307 e.